The SMILES string of the molecule is BrCCc1cn(Cc2cncn2C2CC2)nn1. The molecule has 5 nitrogen and oxygen atoms in total. The largest absolute Gasteiger partial charge is 0.330 e. The van der Waals surface area contributed by atoms with Gasteiger partial charge in [0.25, 0.3) is 0 Å². The fourth-order valence-electron chi connectivity index (χ4n) is 1.93. The molecule has 0 radical (unpaired) electrons. The van der Waals surface area contributed by atoms with Gasteiger partial charge in [-0.1, -0.05) is 21.1 Å². The monoisotopic (exact) mass is 295 g/mol. The first-order valence-electron chi connectivity index (χ1n) is 5.82. The molecule has 2 aromatic heterocycles. The highest BCUT2D eigenvalue weighted by Gasteiger charge is 2.25. The molecule has 1 aliphatic rings. The smallest absolute Gasteiger partial charge is 0.0951 e. The number of halogens is 1. The van der Waals surface area contributed by atoms with Crippen molar-refractivity contribution >= 4 is 15.9 Å². The molecule has 2 aromatic rings. The number of hydrogen-bond donors (Lipinski definition) is 0. The average molecular weight is 296 g/mol. The van der Waals surface area contributed by atoms with Crippen LogP contribution in [0.25, 0.3) is 0 Å². The van der Waals surface area contributed by atoms with Gasteiger partial charge in [0.15, 0.2) is 0 Å². The lowest BCUT2D eigenvalue weighted by Crippen LogP contribution is -2.06. The zero-order valence-electron chi connectivity index (χ0n) is 9.46. The number of hydrogen-bond acceptors (Lipinski definition) is 3. The summed E-state index contributed by atoms with van der Waals surface area (Å²) in [5, 5.41) is 9.19. The molecular formula is C11H14BrN5. The minimum atomic E-state index is 0.665. The van der Waals surface area contributed by atoms with Crippen molar-refractivity contribution in [2.24, 2.45) is 0 Å². The molecular weight excluding hydrogens is 282 g/mol. The summed E-state index contributed by atoms with van der Waals surface area (Å²) < 4.78 is 4.14. The Morgan fingerprint density at radius 2 is 2.29 bits per heavy atom. The van der Waals surface area contributed by atoms with E-state index in [9.17, 15) is 0 Å². The Bertz CT molecular complexity index is 499. The first-order valence-corrected chi connectivity index (χ1v) is 6.94. The van der Waals surface area contributed by atoms with E-state index in [4.69, 9.17) is 0 Å². The minimum Gasteiger partial charge on any atom is -0.330 e. The molecule has 0 bridgehead atoms. The van der Waals surface area contributed by atoms with Crippen molar-refractivity contribution in [1.29, 1.82) is 0 Å². The Hall–Kier alpha value is -1.17. The van der Waals surface area contributed by atoms with Crippen LogP contribution < -0.4 is 0 Å². The molecule has 0 unspecified atom stereocenters. The number of aryl methyl sites for hydroxylation is 1. The molecule has 90 valence electrons. The van der Waals surface area contributed by atoms with Gasteiger partial charge in [-0.3, -0.25) is 0 Å². The average Bonchev–Trinajstić information content (AvgIpc) is 2.91. The topological polar surface area (TPSA) is 48.5 Å². The highest BCUT2D eigenvalue weighted by Crippen LogP contribution is 2.35. The Balaban J connectivity index is 1.74. The molecule has 0 spiro atoms. The van der Waals surface area contributed by atoms with Crippen LogP contribution in [-0.4, -0.2) is 29.9 Å². The summed E-state index contributed by atoms with van der Waals surface area (Å²) in [5.41, 5.74) is 2.24. The molecule has 3 rings (SSSR count). The second kappa shape index (κ2) is 4.60. The molecule has 0 aliphatic heterocycles. The van der Waals surface area contributed by atoms with E-state index in [2.05, 4.69) is 35.8 Å². The van der Waals surface area contributed by atoms with E-state index in [0.717, 1.165) is 24.0 Å². The van der Waals surface area contributed by atoms with Gasteiger partial charge >= 0.3 is 0 Å². The quantitative estimate of drug-likeness (QED) is 0.790. The molecule has 2 heterocycles. The van der Waals surface area contributed by atoms with E-state index in [-0.39, 0.29) is 0 Å². The highest BCUT2D eigenvalue weighted by atomic mass is 79.9. The molecule has 0 saturated heterocycles. The van der Waals surface area contributed by atoms with Crippen molar-refractivity contribution in [1.82, 2.24) is 24.5 Å². The van der Waals surface area contributed by atoms with Crippen LogP contribution in [0, 0.1) is 0 Å². The number of aromatic nitrogens is 5. The third-order valence-electron chi connectivity index (χ3n) is 2.95. The number of rotatable bonds is 5. The van der Waals surface area contributed by atoms with Gasteiger partial charge in [-0.25, -0.2) is 9.67 Å². The Morgan fingerprint density at radius 3 is 3.06 bits per heavy atom. The summed E-state index contributed by atoms with van der Waals surface area (Å²) in [6.45, 7) is 0.756. The summed E-state index contributed by atoms with van der Waals surface area (Å²) in [4.78, 5) is 4.22. The fraction of sp³-hybridized carbons (Fsp3) is 0.545. The van der Waals surface area contributed by atoms with E-state index in [1.807, 2.05) is 23.4 Å². The summed E-state index contributed by atoms with van der Waals surface area (Å²) in [6.07, 6.45) is 9.31. The molecule has 1 aliphatic carbocycles. The molecule has 0 atom stereocenters. The van der Waals surface area contributed by atoms with Crippen LogP contribution in [0.1, 0.15) is 30.3 Å². The van der Waals surface area contributed by atoms with Crippen molar-refractivity contribution in [3.63, 3.8) is 0 Å². The van der Waals surface area contributed by atoms with Gasteiger partial charge in [0, 0.05) is 24.0 Å². The molecule has 0 aromatic carbocycles. The minimum absolute atomic E-state index is 0.665. The van der Waals surface area contributed by atoms with Crippen molar-refractivity contribution in [3.05, 3.63) is 30.1 Å². The lowest BCUT2D eigenvalue weighted by atomic mass is 10.4. The van der Waals surface area contributed by atoms with Crippen LogP contribution in [0.15, 0.2) is 18.7 Å². The van der Waals surface area contributed by atoms with Crippen molar-refractivity contribution in [3.8, 4) is 0 Å². The van der Waals surface area contributed by atoms with E-state index < -0.39 is 0 Å². The van der Waals surface area contributed by atoms with Gasteiger partial charge < -0.3 is 4.57 Å². The van der Waals surface area contributed by atoms with Crippen molar-refractivity contribution in [2.75, 3.05) is 5.33 Å². The normalized spacial score (nSPS) is 15.4. The first kappa shape index (κ1) is 11.0. The third kappa shape index (κ3) is 2.41. The third-order valence-corrected chi connectivity index (χ3v) is 3.34. The Morgan fingerprint density at radius 1 is 1.41 bits per heavy atom. The number of alkyl halides is 1. The van der Waals surface area contributed by atoms with Crippen LogP contribution >= 0.6 is 15.9 Å². The molecule has 0 N–H and O–H groups in total. The van der Waals surface area contributed by atoms with Crippen LogP contribution in [0.2, 0.25) is 0 Å². The summed E-state index contributed by atoms with van der Waals surface area (Å²) in [6, 6.07) is 0.665. The number of imidazole rings is 1. The van der Waals surface area contributed by atoms with Gasteiger partial charge in [-0.05, 0) is 12.8 Å². The molecule has 1 fully saturated rings. The van der Waals surface area contributed by atoms with Gasteiger partial charge in [0.2, 0.25) is 0 Å². The standard InChI is InChI=1S/C11H14BrN5/c12-4-3-9-6-16(15-14-9)7-11-5-13-8-17(11)10-1-2-10/h5-6,8,10H,1-4,7H2. The summed E-state index contributed by atoms with van der Waals surface area (Å²) >= 11 is 3.40. The maximum absolute atomic E-state index is 4.22. The van der Waals surface area contributed by atoms with E-state index in [1.54, 1.807) is 0 Å². The van der Waals surface area contributed by atoms with Crippen LogP contribution in [0.4, 0.5) is 0 Å². The van der Waals surface area contributed by atoms with E-state index in [0.29, 0.717) is 6.04 Å². The Kier molecular flexibility index (Phi) is 2.96. The summed E-state index contributed by atoms with van der Waals surface area (Å²) in [7, 11) is 0. The fourth-order valence-corrected chi connectivity index (χ4v) is 2.34. The van der Waals surface area contributed by atoms with Crippen LogP contribution in [0.5, 0.6) is 0 Å². The van der Waals surface area contributed by atoms with Gasteiger partial charge in [0.1, 0.15) is 0 Å². The zero-order valence-corrected chi connectivity index (χ0v) is 11.0. The number of nitrogens with zero attached hydrogens (tertiary/aromatic N) is 5. The van der Waals surface area contributed by atoms with Crippen LogP contribution in [-0.2, 0) is 13.0 Å². The second-order valence-corrected chi connectivity index (χ2v) is 5.16. The Labute approximate surface area is 108 Å². The zero-order chi connectivity index (χ0) is 11.7. The predicted molar refractivity (Wildman–Crippen MR) is 67.1 cm³/mol. The first-order chi connectivity index (χ1) is 8.36. The second-order valence-electron chi connectivity index (χ2n) is 4.37. The lowest BCUT2D eigenvalue weighted by molar-refractivity contribution is 0.597. The van der Waals surface area contributed by atoms with E-state index >= 15 is 0 Å². The lowest BCUT2D eigenvalue weighted by Gasteiger charge is -2.05. The van der Waals surface area contributed by atoms with Gasteiger partial charge in [0.05, 0.1) is 30.5 Å². The van der Waals surface area contributed by atoms with Crippen LogP contribution in [0.3, 0.4) is 0 Å². The maximum atomic E-state index is 4.22. The van der Waals surface area contributed by atoms with Gasteiger partial charge in [-0.15, -0.1) is 5.10 Å². The molecule has 1 saturated carbocycles. The van der Waals surface area contributed by atoms with Crippen molar-refractivity contribution in [2.45, 2.75) is 31.8 Å². The maximum Gasteiger partial charge on any atom is 0.0951 e. The van der Waals surface area contributed by atoms with E-state index in [1.165, 1.54) is 18.5 Å². The molecule has 0 amide bonds. The molecule has 6 heteroatoms. The summed E-state index contributed by atoms with van der Waals surface area (Å²) in [5.74, 6) is 0. The predicted octanol–water partition coefficient (Wildman–Crippen LogP) is 1.80. The van der Waals surface area contributed by atoms with Crippen molar-refractivity contribution < 1.29 is 0 Å². The van der Waals surface area contributed by atoms with Gasteiger partial charge in [-0.2, -0.15) is 0 Å². The highest BCUT2D eigenvalue weighted by molar-refractivity contribution is 9.09. The molecule has 17 heavy (non-hydrogen) atoms.